The van der Waals surface area contributed by atoms with Crippen molar-refractivity contribution in [2.45, 2.75) is 89.1 Å². The lowest BCUT2D eigenvalue weighted by Gasteiger charge is -2.46. The van der Waals surface area contributed by atoms with Crippen molar-refractivity contribution in [1.82, 2.24) is 24.9 Å². The lowest BCUT2D eigenvalue weighted by molar-refractivity contribution is -0.154. The van der Waals surface area contributed by atoms with Crippen molar-refractivity contribution < 1.29 is 27.9 Å². The average Bonchev–Trinajstić information content (AvgIpc) is 3.12. The minimum atomic E-state index is -4.44. The van der Waals surface area contributed by atoms with Gasteiger partial charge in [-0.1, -0.05) is 19.3 Å². The Balaban J connectivity index is 1.48. The van der Waals surface area contributed by atoms with Crippen molar-refractivity contribution >= 4 is 11.9 Å². The zero-order valence-electron chi connectivity index (χ0n) is 22.5. The number of aromatic nitrogens is 2. The van der Waals surface area contributed by atoms with Gasteiger partial charge in [0, 0.05) is 37.4 Å². The van der Waals surface area contributed by atoms with Gasteiger partial charge in [-0.15, -0.1) is 0 Å². The van der Waals surface area contributed by atoms with Crippen LogP contribution in [-0.2, 0) is 16.6 Å². The van der Waals surface area contributed by atoms with Crippen LogP contribution in [0.5, 0.6) is 0 Å². The van der Waals surface area contributed by atoms with Gasteiger partial charge in [-0.25, -0.2) is 14.6 Å². The standard InChI is InChI=1S/C26H38F3N5O5/c1-14-22(15(2)33(31-14)13-26(27,28)29)23(36)30-19(24(37)38)12-16-6-4-8-18-17(16)7-5-9-20(18)34-21(35)10-11-32(3)25(34)39/h10-11,14-20,22,31H,4-9,12-13H2,1-3H3,(H,30,36)(H,37,38)/t14?,15?,16?,17?,18?,19-,20?,22?/m0/s1. The largest absolute Gasteiger partial charge is 0.480 e. The molecule has 0 bridgehead atoms. The molecule has 10 nitrogen and oxygen atoms in total. The molecule has 2 saturated carbocycles. The predicted molar refractivity (Wildman–Crippen MR) is 136 cm³/mol. The number of carbonyl (C=O) groups excluding carboxylic acids is 1. The minimum absolute atomic E-state index is 0.0329. The fourth-order valence-corrected chi connectivity index (χ4v) is 7.29. The molecule has 0 radical (unpaired) electrons. The Morgan fingerprint density at radius 1 is 1.13 bits per heavy atom. The second-order valence-electron chi connectivity index (χ2n) is 11.5. The van der Waals surface area contributed by atoms with E-state index in [1.807, 2.05) is 0 Å². The molecule has 8 atom stereocenters. The first kappa shape index (κ1) is 29.3. The minimum Gasteiger partial charge on any atom is -0.480 e. The monoisotopic (exact) mass is 557 g/mol. The summed E-state index contributed by atoms with van der Waals surface area (Å²) < 4.78 is 41.6. The number of amides is 1. The molecule has 3 fully saturated rings. The average molecular weight is 558 g/mol. The molecule has 39 heavy (non-hydrogen) atoms. The summed E-state index contributed by atoms with van der Waals surface area (Å²) in [5, 5.41) is 13.6. The van der Waals surface area contributed by atoms with Crippen LogP contribution >= 0.6 is 0 Å². The summed E-state index contributed by atoms with van der Waals surface area (Å²) >= 11 is 0. The molecule has 1 saturated heterocycles. The summed E-state index contributed by atoms with van der Waals surface area (Å²) in [6.45, 7) is 1.91. The first-order chi connectivity index (χ1) is 18.3. The first-order valence-electron chi connectivity index (χ1n) is 13.7. The van der Waals surface area contributed by atoms with E-state index in [0.717, 1.165) is 37.1 Å². The Morgan fingerprint density at radius 3 is 2.46 bits per heavy atom. The van der Waals surface area contributed by atoms with Crippen molar-refractivity contribution in [2.24, 2.45) is 30.7 Å². The lowest BCUT2D eigenvalue weighted by Crippen LogP contribution is -2.51. The summed E-state index contributed by atoms with van der Waals surface area (Å²) in [5.41, 5.74) is 2.00. The van der Waals surface area contributed by atoms with Crippen molar-refractivity contribution in [3.63, 3.8) is 0 Å². The molecule has 0 spiro atoms. The normalized spacial score (nSPS) is 32.4. The van der Waals surface area contributed by atoms with Crippen molar-refractivity contribution in [2.75, 3.05) is 6.54 Å². The molecule has 13 heteroatoms. The number of nitrogens with one attached hydrogen (secondary N) is 2. The number of fused-ring (bicyclic) bond motifs is 1. The number of nitrogens with zero attached hydrogens (tertiary/aromatic N) is 3. The van der Waals surface area contributed by atoms with E-state index >= 15 is 0 Å². The third-order valence-corrected chi connectivity index (χ3v) is 9.04. The van der Waals surface area contributed by atoms with Crippen LogP contribution in [0.1, 0.15) is 64.8 Å². The molecular formula is C26H38F3N5O5. The maximum absolute atomic E-state index is 13.2. The van der Waals surface area contributed by atoms with E-state index in [1.165, 1.54) is 28.3 Å². The Bertz CT molecular complexity index is 1180. The molecular weight excluding hydrogens is 519 g/mol. The van der Waals surface area contributed by atoms with Gasteiger partial charge in [-0.2, -0.15) is 13.2 Å². The number of hydrogen-bond donors (Lipinski definition) is 3. The molecule has 3 aliphatic rings. The maximum atomic E-state index is 13.2. The summed E-state index contributed by atoms with van der Waals surface area (Å²) in [6.07, 6.45) is 1.96. The lowest BCUT2D eigenvalue weighted by atomic mass is 9.62. The van der Waals surface area contributed by atoms with Crippen molar-refractivity contribution in [1.29, 1.82) is 0 Å². The number of carbonyl (C=O) groups is 2. The van der Waals surface area contributed by atoms with Crippen LogP contribution in [0.15, 0.2) is 21.9 Å². The molecule has 1 aliphatic heterocycles. The smallest absolute Gasteiger partial charge is 0.402 e. The van der Waals surface area contributed by atoms with Crippen LogP contribution < -0.4 is 22.0 Å². The molecule has 1 aromatic heterocycles. The predicted octanol–water partition coefficient (Wildman–Crippen LogP) is 2.04. The molecule has 4 rings (SSSR count). The Hall–Kier alpha value is -2.67. The van der Waals surface area contributed by atoms with Gasteiger partial charge in [0.1, 0.15) is 12.6 Å². The highest BCUT2D eigenvalue weighted by atomic mass is 19.4. The molecule has 2 heterocycles. The highest BCUT2D eigenvalue weighted by molar-refractivity contribution is 5.86. The Labute approximate surface area is 224 Å². The fourth-order valence-electron chi connectivity index (χ4n) is 7.29. The van der Waals surface area contributed by atoms with Crippen LogP contribution in [0.4, 0.5) is 13.2 Å². The second-order valence-corrected chi connectivity index (χ2v) is 11.5. The summed E-state index contributed by atoms with van der Waals surface area (Å²) in [7, 11) is 1.60. The van der Waals surface area contributed by atoms with Crippen LogP contribution in [0.3, 0.4) is 0 Å². The van der Waals surface area contributed by atoms with Gasteiger partial charge >= 0.3 is 17.8 Å². The maximum Gasteiger partial charge on any atom is 0.402 e. The van der Waals surface area contributed by atoms with E-state index in [2.05, 4.69) is 10.7 Å². The number of carboxylic acid groups (broad SMARTS) is 1. The number of hydrogen-bond acceptors (Lipinski definition) is 6. The van der Waals surface area contributed by atoms with Gasteiger partial charge in [0.15, 0.2) is 0 Å². The van der Waals surface area contributed by atoms with E-state index in [1.54, 1.807) is 14.0 Å². The van der Waals surface area contributed by atoms with E-state index in [4.69, 9.17) is 0 Å². The zero-order chi connectivity index (χ0) is 28.6. The van der Waals surface area contributed by atoms with Crippen molar-refractivity contribution in [3.8, 4) is 0 Å². The molecule has 3 N–H and O–H groups in total. The van der Waals surface area contributed by atoms with Crippen molar-refractivity contribution in [3.05, 3.63) is 33.1 Å². The fraction of sp³-hybridized carbons (Fsp3) is 0.769. The summed E-state index contributed by atoms with van der Waals surface area (Å²) in [6, 6.07) is -1.44. The number of rotatable bonds is 7. The van der Waals surface area contributed by atoms with Crippen LogP contribution in [0.2, 0.25) is 0 Å². The number of aryl methyl sites for hydroxylation is 1. The molecule has 2 aliphatic carbocycles. The van der Waals surface area contributed by atoms with Gasteiger partial charge in [-0.05, 0) is 57.3 Å². The molecule has 1 aromatic rings. The number of halogens is 3. The van der Waals surface area contributed by atoms with E-state index in [9.17, 15) is 37.5 Å². The summed E-state index contributed by atoms with van der Waals surface area (Å²) in [4.78, 5) is 50.9. The quantitative estimate of drug-likeness (QED) is 0.469. The third kappa shape index (κ3) is 6.24. The Morgan fingerprint density at radius 2 is 1.79 bits per heavy atom. The highest BCUT2D eigenvalue weighted by Gasteiger charge is 2.47. The van der Waals surface area contributed by atoms with Crippen LogP contribution in [0.25, 0.3) is 0 Å². The van der Waals surface area contributed by atoms with Gasteiger partial charge < -0.3 is 15.0 Å². The first-order valence-corrected chi connectivity index (χ1v) is 13.7. The number of alkyl halides is 3. The number of hydrazine groups is 1. The summed E-state index contributed by atoms with van der Waals surface area (Å²) in [5.74, 6) is -2.52. The number of carboxylic acids is 1. The topological polar surface area (TPSA) is 126 Å². The van der Waals surface area contributed by atoms with Gasteiger partial charge in [0.25, 0.3) is 5.56 Å². The molecule has 1 amide bonds. The van der Waals surface area contributed by atoms with E-state index in [-0.39, 0.29) is 41.5 Å². The third-order valence-electron chi connectivity index (χ3n) is 9.04. The van der Waals surface area contributed by atoms with E-state index < -0.39 is 48.6 Å². The van der Waals surface area contributed by atoms with Gasteiger partial charge in [-0.3, -0.25) is 19.6 Å². The second kappa shape index (κ2) is 11.4. The zero-order valence-corrected chi connectivity index (χ0v) is 22.5. The van der Waals surface area contributed by atoms with E-state index in [0.29, 0.717) is 6.42 Å². The van der Waals surface area contributed by atoms with Gasteiger partial charge in [0.2, 0.25) is 5.91 Å². The van der Waals surface area contributed by atoms with Crippen LogP contribution in [0, 0.1) is 23.7 Å². The molecule has 218 valence electrons. The Kier molecular flexibility index (Phi) is 8.60. The number of aliphatic carboxylic acids is 1. The SMILES string of the molecule is CC1NN(CC(F)(F)F)C(C)C1C(=O)N[C@@H](CC1CCCC2C1CCCC2n1c(=O)ccn(C)c1=O)C(=O)O. The molecule has 0 aromatic carbocycles. The highest BCUT2D eigenvalue weighted by Crippen LogP contribution is 2.49. The van der Waals surface area contributed by atoms with Crippen LogP contribution in [-0.4, -0.2) is 62.0 Å². The molecule has 7 unspecified atom stereocenters. The van der Waals surface area contributed by atoms with Gasteiger partial charge in [0.05, 0.1) is 5.92 Å².